The Kier molecular flexibility index (Phi) is 6.27. The monoisotopic (exact) mass is 373 g/mol. The molecule has 2 N–H and O–H groups in total. The van der Waals surface area contributed by atoms with Gasteiger partial charge in [0.15, 0.2) is 0 Å². The molecule has 0 aliphatic rings. The highest BCUT2D eigenvalue weighted by molar-refractivity contribution is 7.10. The van der Waals surface area contributed by atoms with Crippen molar-refractivity contribution >= 4 is 23.1 Å². The lowest BCUT2D eigenvalue weighted by molar-refractivity contribution is -0.274. The summed E-state index contributed by atoms with van der Waals surface area (Å²) in [5, 5.41) is 7.30. The van der Waals surface area contributed by atoms with Gasteiger partial charge in [-0.1, -0.05) is 6.07 Å². The lowest BCUT2D eigenvalue weighted by atomic mass is 10.2. The van der Waals surface area contributed by atoms with Crippen LogP contribution in [-0.2, 0) is 0 Å². The number of benzene rings is 1. The largest absolute Gasteiger partial charge is 0.573 e. The predicted octanol–water partition coefficient (Wildman–Crippen LogP) is 4.07. The molecule has 1 aromatic heterocycles. The normalized spacial score (nSPS) is 12.7. The fourth-order valence-corrected chi connectivity index (χ4v) is 3.05. The summed E-state index contributed by atoms with van der Waals surface area (Å²) >= 11 is 1.60. The van der Waals surface area contributed by atoms with Crippen molar-refractivity contribution in [1.82, 2.24) is 10.2 Å². The van der Waals surface area contributed by atoms with E-state index in [-0.39, 0.29) is 11.8 Å². The average Bonchev–Trinajstić information content (AvgIpc) is 3.02. The second-order valence-corrected chi connectivity index (χ2v) is 6.38. The quantitative estimate of drug-likeness (QED) is 0.803. The molecule has 0 aliphatic heterocycles. The van der Waals surface area contributed by atoms with E-state index in [1.807, 2.05) is 36.5 Å². The first-order valence-corrected chi connectivity index (χ1v) is 8.23. The van der Waals surface area contributed by atoms with Gasteiger partial charge in [-0.2, -0.15) is 0 Å². The van der Waals surface area contributed by atoms with Crippen molar-refractivity contribution in [3.8, 4) is 5.75 Å². The third kappa shape index (κ3) is 6.28. The molecule has 0 saturated heterocycles. The van der Waals surface area contributed by atoms with E-state index in [4.69, 9.17) is 0 Å². The SMILES string of the molecule is CN(C)C(CNC(=O)Nc1ccc(OC(F)(F)F)cc1)c1cccs1. The van der Waals surface area contributed by atoms with E-state index in [1.165, 1.54) is 12.1 Å². The molecule has 0 radical (unpaired) electrons. The van der Waals surface area contributed by atoms with Gasteiger partial charge < -0.3 is 20.3 Å². The number of carbonyl (C=O) groups excluding carboxylic acids is 1. The van der Waals surface area contributed by atoms with Crippen LogP contribution in [0, 0.1) is 0 Å². The van der Waals surface area contributed by atoms with Gasteiger partial charge in [0, 0.05) is 17.1 Å². The van der Waals surface area contributed by atoms with Gasteiger partial charge in [-0.25, -0.2) is 4.79 Å². The van der Waals surface area contributed by atoms with Crippen LogP contribution in [0.3, 0.4) is 0 Å². The second kappa shape index (κ2) is 8.21. The van der Waals surface area contributed by atoms with Crippen molar-refractivity contribution in [2.45, 2.75) is 12.4 Å². The molecule has 9 heteroatoms. The highest BCUT2D eigenvalue weighted by Gasteiger charge is 2.30. The Balaban J connectivity index is 1.87. The number of hydrogen-bond acceptors (Lipinski definition) is 4. The van der Waals surface area contributed by atoms with Crippen molar-refractivity contribution < 1.29 is 22.7 Å². The summed E-state index contributed by atoms with van der Waals surface area (Å²) in [6.45, 7) is 0.397. The Bertz CT molecular complexity index is 673. The molecule has 2 rings (SSSR count). The molecule has 1 aromatic carbocycles. The van der Waals surface area contributed by atoms with Crippen molar-refractivity contribution in [3.63, 3.8) is 0 Å². The van der Waals surface area contributed by atoms with Gasteiger partial charge >= 0.3 is 12.4 Å². The Morgan fingerprint density at radius 3 is 2.44 bits per heavy atom. The molecule has 25 heavy (non-hydrogen) atoms. The number of nitrogens with one attached hydrogen (secondary N) is 2. The first kappa shape index (κ1) is 19.1. The fourth-order valence-electron chi connectivity index (χ4n) is 2.12. The number of amides is 2. The van der Waals surface area contributed by atoms with Crippen LogP contribution in [0.4, 0.5) is 23.7 Å². The Morgan fingerprint density at radius 2 is 1.92 bits per heavy atom. The van der Waals surface area contributed by atoms with Gasteiger partial charge in [-0.3, -0.25) is 0 Å². The smallest absolute Gasteiger partial charge is 0.406 e. The summed E-state index contributed by atoms with van der Waals surface area (Å²) in [6.07, 6.45) is -4.74. The molecule has 0 saturated carbocycles. The van der Waals surface area contributed by atoms with Gasteiger partial charge in [-0.15, -0.1) is 24.5 Å². The van der Waals surface area contributed by atoms with Crippen LogP contribution in [0.5, 0.6) is 5.75 Å². The molecule has 1 heterocycles. The van der Waals surface area contributed by atoms with Crippen LogP contribution in [-0.4, -0.2) is 37.9 Å². The lowest BCUT2D eigenvalue weighted by Crippen LogP contribution is -2.36. The van der Waals surface area contributed by atoms with E-state index in [9.17, 15) is 18.0 Å². The number of alkyl halides is 3. The third-order valence-corrected chi connectivity index (χ3v) is 4.27. The predicted molar refractivity (Wildman–Crippen MR) is 90.9 cm³/mol. The van der Waals surface area contributed by atoms with Crippen molar-refractivity contribution in [1.29, 1.82) is 0 Å². The van der Waals surface area contributed by atoms with Crippen molar-refractivity contribution in [3.05, 3.63) is 46.7 Å². The molecule has 2 aromatic rings. The van der Waals surface area contributed by atoms with Crippen LogP contribution >= 0.6 is 11.3 Å². The number of likely N-dealkylation sites (N-methyl/N-ethyl adjacent to an activating group) is 1. The van der Waals surface area contributed by atoms with Crippen LogP contribution in [0.1, 0.15) is 10.9 Å². The molecule has 2 amide bonds. The number of hydrogen-bond donors (Lipinski definition) is 2. The first-order chi connectivity index (χ1) is 11.7. The van der Waals surface area contributed by atoms with E-state index >= 15 is 0 Å². The molecule has 0 aliphatic carbocycles. The maximum atomic E-state index is 12.1. The van der Waals surface area contributed by atoms with E-state index in [0.717, 1.165) is 17.0 Å². The maximum Gasteiger partial charge on any atom is 0.573 e. The maximum absolute atomic E-state index is 12.1. The van der Waals surface area contributed by atoms with Crippen molar-refractivity contribution in [2.75, 3.05) is 26.0 Å². The fraction of sp³-hybridized carbons (Fsp3) is 0.312. The topological polar surface area (TPSA) is 53.6 Å². The summed E-state index contributed by atoms with van der Waals surface area (Å²) in [5.41, 5.74) is 0.365. The van der Waals surface area contributed by atoms with Crippen LogP contribution in [0.25, 0.3) is 0 Å². The van der Waals surface area contributed by atoms with E-state index < -0.39 is 12.4 Å². The zero-order valence-corrected chi connectivity index (χ0v) is 14.4. The molecule has 1 atom stereocenters. The van der Waals surface area contributed by atoms with Crippen LogP contribution < -0.4 is 15.4 Å². The minimum Gasteiger partial charge on any atom is -0.406 e. The molecule has 136 valence electrons. The zero-order chi connectivity index (χ0) is 18.4. The van der Waals surface area contributed by atoms with E-state index in [1.54, 1.807) is 11.3 Å². The van der Waals surface area contributed by atoms with Gasteiger partial charge in [-0.05, 0) is 49.8 Å². The summed E-state index contributed by atoms with van der Waals surface area (Å²) < 4.78 is 40.1. The minimum atomic E-state index is -4.74. The number of anilines is 1. The Labute approximate surface area is 147 Å². The van der Waals surface area contributed by atoms with Gasteiger partial charge in [0.1, 0.15) is 5.75 Å². The number of rotatable bonds is 6. The average molecular weight is 373 g/mol. The number of urea groups is 1. The first-order valence-electron chi connectivity index (χ1n) is 7.35. The number of carbonyl (C=O) groups is 1. The highest BCUT2D eigenvalue weighted by atomic mass is 32.1. The standard InChI is InChI=1S/C16H18F3N3O2S/c1-22(2)13(14-4-3-9-25-14)10-20-15(23)21-11-5-7-12(8-6-11)24-16(17,18)19/h3-9,13H,10H2,1-2H3,(H2,20,21,23). The minimum absolute atomic E-state index is 0.0355. The number of ether oxygens (including phenoxy) is 1. The van der Waals surface area contributed by atoms with Crippen molar-refractivity contribution in [2.24, 2.45) is 0 Å². The summed E-state index contributed by atoms with van der Waals surface area (Å²) in [6, 6.07) is 8.48. The molecular weight excluding hydrogens is 355 g/mol. The van der Waals surface area contributed by atoms with Crippen LogP contribution in [0.2, 0.25) is 0 Å². The Hall–Kier alpha value is -2.26. The van der Waals surface area contributed by atoms with Crippen LogP contribution in [0.15, 0.2) is 41.8 Å². The third-order valence-electron chi connectivity index (χ3n) is 3.30. The van der Waals surface area contributed by atoms with E-state index in [2.05, 4.69) is 15.4 Å². The molecule has 0 fully saturated rings. The molecule has 1 unspecified atom stereocenters. The zero-order valence-electron chi connectivity index (χ0n) is 13.6. The number of halogens is 3. The molecule has 0 spiro atoms. The summed E-state index contributed by atoms with van der Waals surface area (Å²) in [4.78, 5) is 15.1. The second-order valence-electron chi connectivity index (χ2n) is 5.40. The Morgan fingerprint density at radius 1 is 1.24 bits per heavy atom. The molecule has 0 bridgehead atoms. The lowest BCUT2D eigenvalue weighted by Gasteiger charge is -2.23. The van der Waals surface area contributed by atoms with Gasteiger partial charge in [0.25, 0.3) is 0 Å². The molecule has 5 nitrogen and oxygen atoms in total. The number of nitrogens with zero attached hydrogens (tertiary/aromatic N) is 1. The number of thiophene rings is 1. The summed E-state index contributed by atoms with van der Waals surface area (Å²) in [7, 11) is 3.84. The van der Waals surface area contributed by atoms with Gasteiger partial charge in [0.2, 0.25) is 0 Å². The van der Waals surface area contributed by atoms with E-state index in [0.29, 0.717) is 12.2 Å². The summed E-state index contributed by atoms with van der Waals surface area (Å²) in [5.74, 6) is -0.344. The van der Waals surface area contributed by atoms with Gasteiger partial charge in [0.05, 0.1) is 6.04 Å². The molecular formula is C16H18F3N3O2S. The highest BCUT2D eigenvalue weighted by Crippen LogP contribution is 2.24.